The predicted molar refractivity (Wildman–Crippen MR) is 132 cm³/mol. The summed E-state index contributed by atoms with van der Waals surface area (Å²) in [7, 11) is 0. The number of esters is 2. The molecule has 1 aliphatic rings. The lowest BCUT2D eigenvalue weighted by Gasteiger charge is -2.17. The summed E-state index contributed by atoms with van der Waals surface area (Å²) in [6.45, 7) is 3.88. The maximum absolute atomic E-state index is 12.5. The number of amides is 2. The quantitative estimate of drug-likeness (QED) is 0.380. The molecule has 3 rings (SSSR count). The molecule has 2 amide bonds. The molecule has 2 aromatic rings. The Morgan fingerprint density at radius 1 is 1.09 bits per heavy atom. The number of hydrogen-bond donors (Lipinski definition) is 1. The van der Waals surface area contributed by atoms with Crippen LogP contribution < -0.4 is 10.2 Å². The first-order valence-corrected chi connectivity index (χ1v) is 12.0. The summed E-state index contributed by atoms with van der Waals surface area (Å²) in [5.74, 6) is -2.45. The number of halogens is 1. The molecule has 2 aromatic carbocycles. The Morgan fingerprint density at radius 3 is 2.54 bits per heavy atom. The van der Waals surface area contributed by atoms with Crippen LogP contribution in [0.4, 0.5) is 11.4 Å². The Bertz CT molecular complexity index is 1090. The first-order valence-electron chi connectivity index (χ1n) is 11.6. The van der Waals surface area contributed by atoms with E-state index in [0.717, 1.165) is 19.3 Å². The number of unbranched alkanes of at least 4 members (excludes halogenated alkanes) is 2. The zero-order valence-electron chi connectivity index (χ0n) is 19.8. The monoisotopic (exact) mass is 500 g/mol. The second kappa shape index (κ2) is 12.4. The molecule has 0 spiro atoms. The van der Waals surface area contributed by atoms with E-state index in [-0.39, 0.29) is 18.9 Å². The van der Waals surface area contributed by atoms with Gasteiger partial charge in [0.2, 0.25) is 5.91 Å². The van der Waals surface area contributed by atoms with E-state index in [1.54, 1.807) is 49.4 Å². The molecule has 1 heterocycles. The fourth-order valence-electron chi connectivity index (χ4n) is 3.68. The van der Waals surface area contributed by atoms with Crippen molar-refractivity contribution in [3.05, 3.63) is 58.6 Å². The lowest BCUT2D eigenvalue weighted by Crippen LogP contribution is -2.28. The van der Waals surface area contributed by atoms with Crippen LogP contribution in [-0.2, 0) is 23.9 Å². The first-order chi connectivity index (χ1) is 16.8. The number of nitrogens with one attached hydrogen (secondary N) is 1. The number of ether oxygens (including phenoxy) is 2. The summed E-state index contributed by atoms with van der Waals surface area (Å²) >= 11 is 6.05. The number of hydrogen-bond acceptors (Lipinski definition) is 6. The van der Waals surface area contributed by atoms with Crippen molar-refractivity contribution in [2.45, 2.75) is 39.5 Å². The molecule has 0 bridgehead atoms. The molecule has 0 aliphatic carbocycles. The molecular weight excluding hydrogens is 472 g/mol. The van der Waals surface area contributed by atoms with Gasteiger partial charge < -0.3 is 19.7 Å². The van der Waals surface area contributed by atoms with Crippen molar-refractivity contribution < 1.29 is 28.7 Å². The van der Waals surface area contributed by atoms with E-state index in [9.17, 15) is 19.2 Å². The minimum atomic E-state index is -0.689. The van der Waals surface area contributed by atoms with Crippen LogP contribution in [-0.4, -0.2) is 43.5 Å². The largest absolute Gasteiger partial charge is 0.462 e. The summed E-state index contributed by atoms with van der Waals surface area (Å²) in [6, 6.07) is 11.6. The predicted octanol–water partition coefficient (Wildman–Crippen LogP) is 4.53. The van der Waals surface area contributed by atoms with E-state index in [2.05, 4.69) is 12.2 Å². The fourth-order valence-corrected chi connectivity index (χ4v) is 3.85. The van der Waals surface area contributed by atoms with Crippen molar-refractivity contribution in [2.75, 3.05) is 30.0 Å². The molecular formula is C26H29ClN2O6. The van der Waals surface area contributed by atoms with E-state index >= 15 is 0 Å². The van der Waals surface area contributed by atoms with Crippen molar-refractivity contribution in [2.24, 2.45) is 5.92 Å². The molecule has 1 N–H and O–H groups in total. The van der Waals surface area contributed by atoms with Gasteiger partial charge in [-0.15, -0.1) is 0 Å². The minimum absolute atomic E-state index is 0.0188. The van der Waals surface area contributed by atoms with Crippen LogP contribution in [0.2, 0.25) is 5.02 Å². The minimum Gasteiger partial charge on any atom is -0.462 e. The SMILES string of the molecule is CCCCCOC(=O)c1ccc(N2C[C@@H](C(=O)OCC(=O)Nc3cccc(Cl)c3C)CC2=O)cc1. The lowest BCUT2D eigenvalue weighted by molar-refractivity contribution is -0.151. The molecule has 0 saturated carbocycles. The Morgan fingerprint density at radius 2 is 1.83 bits per heavy atom. The summed E-state index contributed by atoms with van der Waals surface area (Å²) in [5, 5.41) is 3.17. The average molecular weight is 501 g/mol. The van der Waals surface area contributed by atoms with Crippen molar-refractivity contribution in [1.82, 2.24) is 0 Å². The van der Waals surface area contributed by atoms with Crippen LogP contribution in [0, 0.1) is 12.8 Å². The van der Waals surface area contributed by atoms with Gasteiger partial charge >= 0.3 is 11.9 Å². The maximum Gasteiger partial charge on any atom is 0.338 e. The normalized spacial score (nSPS) is 15.1. The molecule has 186 valence electrons. The van der Waals surface area contributed by atoms with Crippen LogP contribution in [0.1, 0.15) is 48.5 Å². The fraction of sp³-hybridized carbons (Fsp3) is 0.385. The van der Waals surface area contributed by atoms with E-state index < -0.39 is 30.4 Å². The van der Waals surface area contributed by atoms with Crippen molar-refractivity contribution >= 4 is 46.7 Å². The molecule has 35 heavy (non-hydrogen) atoms. The summed E-state index contributed by atoms with van der Waals surface area (Å²) in [5.41, 5.74) is 2.21. The van der Waals surface area contributed by atoms with Crippen molar-refractivity contribution in [3.8, 4) is 0 Å². The standard InChI is InChI=1S/C26H29ClN2O6/c1-3-4-5-13-34-25(32)18-9-11-20(12-10-18)29-15-19(14-24(29)31)26(33)35-16-23(30)28-22-8-6-7-21(27)17(22)2/h6-12,19H,3-5,13-16H2,1-2H3,(H,28,30)/t19-/m0/s1. The number of nitrogens with zero attached hydrogens (tertiary/aromatic N) is 1. The molecule has 0 radical (unpaired) electrons. The van der Waals surface area contributed by atoms with Gasteiger partial charge in [0.25, 0.3) is 5.91 Å². The van der Waals surface area contributed by atoms with Gasteiger partial charge in [-0.3, -0.25) is 14.4 Å². The van der Waals surface area contributed by atoms with Crippen LogP contribution >= 0.6 is 11.6 Å². The number of benzene rings is 2. The Kier molecular flexibility index (Phi) is 9.25. The number of carbonyl (C=O) groups excluding carboxylic acids is 4. The number of anilines is 2. The number of rotatable bonds is 10. The Balaban J connectivity index is 1.50. The number of carbonyl (C=O) groups is 4. The van der Waals surface area contributed by atoms with Crippen LogP contribution in [0.3, 0.4) is 0 Å². The molecule has 9 heteroatoms. The molecule has 1 fully saturated rings. The van der Waals surface area contributed by atoms with Gasteiger partial charge in [-0.05, 0) is 55.3 Å². The van der Waals surface area contributed by atoms with E-state index in [1.807, 2.05) is 0 Å². The molecule has 1 atom stereocenters. The van der Waals surface area contributed by atoms with Gasteiger partial charge in [-0.25, -0.2) is 4.79 Å². The van der Waals surface area contributed by atoms with Crippen LogP contribution in [0.5, 0.6) is 0 Å². The van der Waals surface area contributed by atoms with Gasteiger partial charge in [0.15, 0.2) is 6.61 Å². The summed E-state index contributed by atoms with van der Waals surface area (Å²) in [6.07, 6.45) is 2.84. The van der Waals surface area contributed by atoms with Gasteiger partial charge in [-0.1, -0.05) is 37.4 Å². The summed E-state index contributed by atoms with van der Waals surface area (Å²) < 4.78 is 10.4. The Hall–Kier alpha value is -3.39. The van der Waals surface area contributed by atoms with E-state index in [0.29, 0.717) is 34.1 Å². The van der Waals surface area contributed by atoms with Crippen LogP contribution in [0.15, 0.2) is 42.5 Å². The molecule has 0 aromatic heterocycles. The zero-order chi connectivity index (χ0) is 25.4. The molecule has 1 aliphatic heterocycles. The van der Waals surface area contributed by atoms with Gasteiger partial charge in [0, 0.05) is 29.4 Å². The second-order valence-corrected chi connectivity index (χ2v) is 8.77. The zero-order valence-corrected chi connectivity index (χ0v) is 20.6. The van der Waals surface area contributed by atoms with E-state index in [4.69, 9.17) is 21.1 Å². The highest BCUT2D eigenvalue weighted by Crippen LogP contribution is 2.27. The third-order valence-corrected chi connectivity index (χ3v) is 6.15. The van der Waals surface area contributed by atoms with Crippen molar-refractivity contribution in [3.63, 3.8) is 0 Å². The van der Waals surface area contributed by atoms with Crippen molar-refractivity contribution in [1.29, 1.82) is 0 Å². The highest BCUT2D eigenvalue weighted by molar-refractivity contribution is 6.31. The van der Waals surface area contributed by atoms with Gasteiger partial charge in [0.05, 0.1) is 18.1 Å². The molecule has 1 saturated heterocycles. The topological polar surface area (TPSA) is 102 Å². The maximum atomic E-state index is 12.5. The smallest absolute Gasteiger partial charge is 0.338 e. The third kappa shape index (κ3) is 7.05. The second-order valence-electron chi connectivity index (χ2n) is 8.36. The third-order valence-electron chi connectivity index (χ3n) is 5.74. The lowest BCUT2D eigenvalue weighted by atomic mass is 10.1. The highest BCUT2D eigenvalue weighted by Gasteiger charge is 2.36. The first kappa shape index (κ1) is 26.2. The van der Waals surface area contributed by atoms with Gasteiger partial charge in [-0.2, -0.15) is 0 Å². The molecule has 0 unspecified atom stereocenters. The average Bonchev–Trinajstić information content (AvgIpc) is 3.25. The van der Waals surface area contributed by atoms with E-state index in [1.165, 1.54) is 4.90 Å². The highest BCUT2D eigenvalue weighted by atomic mass is 35.5. The Labute approximate surface area is 209 Å². The van der Waals surface area contributed by atoms with Crippen LogP contribution in [0.25, 0.3) is 0 Å². The summed E-state index contributed by atoms with van der Waals surface area (Å²) in [4.78, 5) is 50.7. The molecule has 8 nitrogen and oxygen atoms in total. The van der Waals surface area contributed by atoms with Gasteiger partial charge in [0.1, 0.15) is 0 Å².